The van der Waals surface area contributed by atoms with Crippen molar-refractivity contribution < 1.29 is 18.0 Å². The largest absolute Gasteiger partial charge is 0.416 e. The fourth-order valence-corrected chi connectivity index (χ4v) is 2.90. The molecule has 1 unspecified atom stereocenters. The molecule has 5 nitrogen and oxygen atoms in total. The summed E-state index contributed by atoms with van der Waals surface area (Å²) in [6.45, 7) is 3.22. The summed E-state index contributed by atoms with van der Waals surface area (Å²) in [5, 5.41) is 10.2. The smallest absolute Gasteiger partial charge is 0.316 e. The summed E-state index contributed by atoms with van der Waals surface area (Å²) < 4.78 is 40.1. The lowest BCUT2D eigenvalue weighted by Crippen LogP contribution is -2.37. The molecule has 0 radical (unpaired) electrons. The third-order valence-corrected chi connectivity index (χ3v) is 4.17. The Balaban J connectivity index is 1.87. The van der Waals surface area contributed by atoms with Crippen molar-refractivity contribution in [2.24, 2.45) is 5.92 Å². The lowest BCUT2D eigenvalue weighted by Gasteiger charge is -2.22. The van der Waals surface area contributed by atoms with E-state index < -0.39 is 11.7 Å². The van der Waals surface area contributed by atoms with E-state index in [1.165, 1.54) is 16.8 Å². The van der Waals surface area contributed by atoms with Gasteiger partial charge in [-0.25, -0.2) is 4.68 Å². The highest BCUT2D eigenvalue weighted by Gasteiger charge is 2.31. The highest BCUT2D eigenvalue weighted by molar-refractivity contribution is 5.92. The molecule has 1 aromatic carbocycles. The first-order valence-corrected chi connectivity index (χ1v) is 8.10. The molecule has 134 valence electrons. The molecule has 2 aromatic rings. The van der Waals surface area contributed by atoms with Gasteiger partial charge in [0, 0.05) is 12.6 Å². The molecule has 1 aliphatic heterocycles. The van der Waals surface area contributed by atoms with Crippen LogP contribution in [0, 0.1) is 12.8 Å². The van der Waals surface area contributed by atoms with Gasteiger partial charge in [0.2, 0.25) is 5.91 Å². The van der Waals surface area contributed by atoms with Gasteiger partial charge in [-0.05, 0) is 44.5 Å². The van der Waals surface area contributed by atoms with Gasteiger partial charge >= 0.3 is 6.18 Å². The maximum Gasteiger partial charge on any atom is 0.416 e. The minimum absolute atomic E-state index is 0.152. The van der Waals surface area contributed by atoms with Crippen molar-refractivity contribution in [1.82, 2.24) is 15.1 Å². The van der Waals surface area contributed by atoms with Gasteiger partial charge in [-0.2, -0.15) is 18.3 Å². The monoisotopic (exact) mass is 352 g/mol. The molecule has 3 rings (SSSR count). The first kappa shape index (κ1) is 17.5. The van der Waals surface area contributed by atoms with E-state index in [1.54, 1.807) is 13.0 Å². The Bertz CT molecular complexity index is 763. The molecule has 1 fully saturated rings. The number of hydrogen-bond acceptors (Lipinski definition) is 3. The van der Waals surface area contributed by atoms with Gasteiger partial charge in [-0.15, -0.1) is 0 Å². The number of alkyl halides is 3. The van der Waals surface area contributed by atoms with E-state index in [0.29, 0.717) is 18.1 Å². The van der Waals surface area contributed by atoms with Gasteiger partial charge in [-0.1, -0.05) is 6.07 Å². The fourth-order valence-electron chi connectivity index (χ4n) is 2.90. The van der Waals surface area contributed by atoms with Crippen LogP contribution in [0.15, 0.2) is 30.3 Å². The zero-order valence-corrected chi connectivity index (χ0v) is 13.7. The number of hydrogen-bond donors (Lipinski definition) is 2. The van der Waals surface area contributed by atoms with Gasteiger partial charge in [-0.3, -0.25) is 4.79 Å². The topological polar surface area (TPSA) is 59.0 Å². The number of carbonyl (C=O) groups excluding carboxylic acids is 1. The Hall–Kier alpha value is -2.35. The predicted molar refractivity (Wildman–Crippen MR) is 87.5 cm³/mol. The van der Waals surface area contributed by atoms with Crippen LogP contribution in [0.5, 0.6) is 0 Å². The first-order chi connectivity index (χ1) is 11.8. The van der Waals surface area contributed by atoms with E-state index in [1.807, 2.05) is 0 Å². The Labute approximate surface area is 143 Å². The van der Waals surface area contributed by atoms with Crippen LogP contribution in [0.25, 0.3) is 5.69 Å². The van der Waals surface area contributed by atoms with Crippen LogP contribution in [-0.2, 0) is 11.0 Å². The van der Waals surface area contributed by atoms with Crippen LogP contribution in [0.1, 0.15) is 24.1 Å². The number of anilines is 1. The zero-order valence-electron chi connectivity index (χ0n) is 13.7. The summed E-state index contributed by atoms with van der Waals surface area (Å²) in [6.07, 6.45) is -2.73. The summed E-state index contributed by atoms with van der Waals surface area (Å²) in [5.41, 5.74) is 0.0985. The van der Waals surface area contributed by atoms with Crippen LogP contribution in [0.3, 0.4) is 0 Å². The number of aryl methyl sites for hydroxylation is 1. The Kier molecular flexibility index (Phi) is 4.80. The number of aromatic nitrogens is 2. The standard InChI is InChI=1S/C17H19F3N4O/c1-11-8-15(22-16(25)12-4-3-7-21-10-12)24(23-11)14-6-2-5-13(9-14)17(18,19)20/h2,5-6,8-9,12,21H,3-4,7,10H2,1H3,(H,22,25). The third kappa shape index (κ3) is 4.01. The number of nitrogens with zero attached hydrogens (tertiary/aromatic N) is 2. The molecule has 1 atom stereocenters. The molecule has 1 aromatic heterocycles. The maximum absolute atomic E-state index is 12.9. The van der Waals surface area contributed by atoms with Crippen molar-refractivity contribution in [2.45, 2.75) is 25.9 Å². The molecule has 2 heterocycles. The van der Waals surface area contributed by atoms with Crippen LogP contribution >= 0.6 is 0 Å². The molecule has 1 saturated heterocycles. The van der Waals surface area contributed by atoms with Crippen LogP contribution in [0.4, 0.5) is 19.0 Å². The van der Waals surface area contributed by atoms with E-state index in [-0.39, 0.29) is 17.5 Å². The molecular formula is C17H19F3N4O. The summed E-state index contributed by atoms with van der Waals surface area (Å²) in [7, 11) is 0. The van der Waals surface area contributed by atoms with Crippen molar-refractivity contribution in [3.8, 4) is 5.69 Å². The van der Waals surface area contributed by atoms with Crippen LogP contribution in [0.2, 0.25) is 0 Å². The van der Waals surface area contributed by atoms with E-state index in [4.69, 9.17) is 0 Å². The average Bonchev–Trinajstić information content (AvgIpc) is 2.95. The number of amides is 1. The van der Waals surface area contributed by atoms with Crippen molar-refractivity contribution in [3.63, 3.8) is 0 Å². The van der Waals surface area contributed by atoms with Gasteiger partial charge in [0.25, 0.3) is 0 Å². The molecule has 0 spiro atoms. The second-order valence-corrected chi connectivity index (χ2v) is 6.16. The number of rotatable bonds is 3. The minimum atomic E-state index is -4.44. The maximum atomic E-state index is 12.9. The van der Waals surface area contributed by atoms with Crippen LogP contribution in [-0.4, -0.2) is 28.8 Å². The predicted octanol–water partition coefficient (Wildman–Crippen LogP) is 3.14. The van der Waals surface area contributed by atoms with Crippen molar-refractivity contribution in [1.29, 1.82) is 0 Å². The lowest BCUT2D eigenvalue weighted by molar-refractivity contribution is -0.137. The summed E-state index contributed by atoms with van der Waals surface area (Å²) >= 11 is 0. The van der Waals surface area contributed by atoms with Crippen molar-refractivity contribution >= 4 is 11.7 Å². The number of carbonyl (C=O) groups is 1. The SMILES string of the molecule is Cc1cc(NC(=O)C2CCCNC2)n(-c2cccc(C(F)(F)F)c2)n1. The molecule has 0 saturated carbocycles. The molecule has 1 aliphatic rings. The normalized spacial score (nSPS) is 18.2. The average molecular weight is 352 g/mol. The second-order valence-electron chi connectivity index (χ2n) is 6.16. The van der Waals surface area contributed by atoms with Gasteiger partial charge in [0.15, 0.2) is 0 Å². The van der Waals surface area contributed by atoms with Gasteiger partial charge < -0.3 is 10.6 Å². The molecule has 25 heavy (non-hydrogen) atoms. The highest BCUT2D eigenvalue weighted by atomic mass is 19.4. The summed E-state index contributed by atoms with van der Waals surface area (Å²) in [6, 6.07) is 6.52. The third-order valence-electron chi connectivity index (χ3n) is 4.17. The van der Waals surface area contributed by atoms with E-state index in [9.17, 15) is 18.0 Å². The molecule has 0 aliphatic carbocycles. The number of piperidine rings is 1. The van der Waals surface area contributed by atoms with E-state index in [0.717, 1.165) is 31.5 Å². The molecule has 1 amide bonds. The van der Waals surface area contributed by atoms with E-state index in [2.05, 4.69) is 15.7 Å². The summed E-state index contributed by atoms with van der Waals surface area (Å²) in [5.74, 6) is 0.0617. The fraction of sp³-hybridized carbons (Fsp3) is 0.412. The molecule has 0 bridgehead atoms. The minimum Gasteiger partial charge on any atom is -0.316 e. The lowest BCUT2D eigenvalue weighted by atomic mass is 9.99. The number of halogens is 3. The molecule has 8 heteroatoms. The molecule has 2 N–H and O–H groups in total. The van der Waals surface area contributed by atoms with Crippen LogP contribution < -0.4 is 10.6 Å². The quantitative estimate of drug-likeness (QED) is 0.892. The first-order valence-electron chi connectivity index (χ1n) is 8.10. The van der Waals surface area contributed by atoms with Gasteiger partial charge in [0.05, 0.1) is 22.9 Å². The summed E-state index contributed by atoms with van der Waals surface area (Å²) in [4.78, 5) is 12.4. The van der Waals surface area contributed by atoms with Gasteiger partial charge in [0.1, 0.15) is 5.82 Å². The number of benzene rings is 1. The van der Waals surface area contributed by atoms with Crippen molar-refractivity contribution in [2.75, 3.05) is 18.4 Å². The Morgan fingerprint density at radius 1 is 1.36 bits per heavy atom. The Morgan fingerprint density at radius 3 is 2.84 bits per heavy atom. The Morgan fingerprint density at radius 2 is 2.16 bits per heavy atom. The van der Waals surface area contributed by atoms with Crippen molar-refractivity contribution in [3.05, 3.63) is 41.6 Å². The van der Waals surface area contributed by atoms with E-state index >= 15 is 0 Å². The zero-order chi connectivity index (χ0) is 18.0. The number of nitrogens with one attached hydrogen (secondary N) is 2. The highest BCUT2D eigenvalue weighted by Crippen LogP contribution is 2.31. The second kappa shape index (κ2) is 6.87. The molecular weight excluding hydrogens is 333 g/mol.